The molecule has 0 unspecified atom stereocenters. The fraction of sp³-hybridized carbons (Fsp3) is 0.500. The number of nitrogens with one attached hydrogen (secondary N) is 1. The predicted octanol–water partition coefficient (Wildman–Crippen LogP) is 2.58. The molecule has 0 bridgehead atoms. The van der Waals surface area contributed by atoms with Gasteiger partial charge in [-0.1, -0.05) is 6.92 Å². The fourth-order valence-corrected chi connectivity index (χ4v) is 2.81. The van der Waals surface area contributed by atoms with Crippen LogP contribution < -0.4 is 0 Å². The first kappa shape index (κ1) is 14.1. The van der Waals surface area contributed by atoms with Crippen molar-refractivity contribution < 1.29 is 9.53 Å². The van der Waals surface area contributed by atoms with Crippen LogP contribution >= 0.6 is 0 Å². The van der Waals surface area contributed by atoms with E-state index in [9.17, 15) is 4.79 Å². The molecule has 0 amide bonds. The maximum Gasteiger partial charge on any atom is 0.337 e. The third kappa shape index (κ3) is 3.08. The molecule has 0 aliphatic carbocycles. The minimum Gasteiger partial charge on any atom is -0.465 e. The Kier molecular flexibility index (Phi) is 3.92. The third-order valence-electron chi connectivity index (χ3n) is 4.20. The zero-order valence-electron chi connectivity index (χ0n) is 12.6. The monoisotopic (exact) mass is 287 g/mol. The summed E-state index contributed by atoms with van der Waals surface area (Å²) in [6.45, 7) is 5.42. The first-order valence-corrected chi connectivity index (χ1v) is 7.45. The number of esters is 1. The van der Waals surface area contributed by atoms with E-state index in [0.29, 0.717) is 5.56 Å². The standard InChI is InChI=1S/C16H21N3O2/c1-11-5-7-19(8-6-11)10-15-17-13-4-3-12(16(20)21-2)9-14(13)18-15/h3-4,9,11H,5-8,10H2,1-2H3,(H,17,18). The van der Waals surface area contributed by atoms with Crippen LogP contribution in [0.3, 0.4) is 0 Å². The van der Waals surface area contributed by atoms with Gasteiger partial charge in [0.05, 0.1) is 30.3 Å². The highest BCUT2D eigenvalue weighted by atomic mass is 16.5. The summed E-state index contributed by atoms with van der Waals surface area (Å²) >= 11 is 0. The Morgan fingerprint density at radius 2 is 2.19 bits per heavy atom. The summed E-state index contributed by atoms with van der Waals surface area (Å²) < 4.78 is 4.74. The SMILES string of the molecule is COC(=O)c1ccc2nc(CN3CCC(C)CC3)[nH]c2c1. The van der Waals surface area contributed by atoms with Crippen molar-refractivity contribution in [3.8, 4) is 0 Å². The van der Waals surface area contributed by atoms with Crippen molar-refractivity contribution in [1.29, 1.82) is 0 Å². The molecule has 5 heteroatoms. The molecule has 0 saturated carbocycles. The van der Waals surface area contributed by atoms with Gasteiger partial charge in [0, 0.05) is 0 Å². The summed E-state index contributed by atoms with van der Waals surface area (Å²) in [5.74, 6) is 1.47. The quantitative estimate of drug-likeness (QED) is 0.882. The van der Waals surface area contributed by atoms with Crippen LogP contribution in [0.2, 0.25) is 0 Å². The van der Waals surface area contributed by atoms with Gasteiger partial charge in [-0.3, -0.25) is 4.90 Å². The smallest absolute Gasteiger partial charge is 0.337 e. The van der Waals surface area contributed by atoms with Gasteiger partial charge in [-0.25, -0.2) is 9.78 Å². The molecule has 0 atom stereocenters. The highest BCUT2D eigenvalue weighted by Crippen LogP contribution is 2.19. The summed E-state index contributed by atoms with van der Waals surface area (Å²) in [4.78, 5) is 21.9. The van der Waals surface area contributed by atoms with E-state index in [4.69, 9.17) is 4.74 Å². The molecule has 1 aliphatic rings. The Labute approximate surface area is 124 Å². The molecule has 5 nitrogen and oxygen atoms in total. The van der Waals surface area contributed by atoms with Gasteiger partial charge in [0.1, 0.15) is 5.82 Å². The lowest BCUT2D eigenvalue weighted by Gasteiger charge is -2.29. The average Bonchev–Trinajstić information content (AvgIpc) is 2.90. The summed E-state index contributed by atoms with van der Waals surface area (Å²) in [7, 11) is 1.39. The van der Waals surface area contributed by atoms with Crippen LogP contribution in [0.4, 0.5) is 0 Å². The highest BCUT2D eigenvalue weighted by Gasteiger charge is 2.17. The van der Waals surface area contributed by atoms with Gasteiger partial charge >= 0.3 is 5.97 Å². The van der Waals surface area contributed by atoms with E-state index in [2.05, 4.69) is 21.8 Å². The Hall–Kier alpha value is -1.88. The molecule has 1 aromatic carbocycles. The molecule has 21 heavy (non-hydrogen) atoms. The number of hydrogen-bond donors (Lipinski definition) is 1. The van der Waals surface area contributed by atoms with E-state index >= 15 is 0 Å². The molecule has 112 valence electrons. The van der Waals surface area contributed by atoms with Gasteiger partial charge in [0.15, 0.2) is 0 Å². The predicted molar refractivity (Wildman–Crippen MR) is 81.1 cm³/mol. The third-order valence-corrected chi connectivity index (χ3v) is 4.20. The first-order chi connectivity index (χ1) is 10.2. The molecule has 0 spiro atoms. The molecule has 2 heterocycles. The molecular weight excluding hydrogens is 266 g/mol. The van der Waals surface area contributed by atoms with Crippen LogP contribution in [0.1, 0.15) is 35.9 Å². The number of aromatic nitrogens is 2. The Bertz CT molecular complexity index is 642. The number of ether oxygens (including phenoxy) is 1. The lowest BCUT2D eigenvalue weighted by Crippen LogP contribution is -2.32. The summed E-state index contributed by atoms with van der Waals surface area (Å²) in [5, 5.41) is 0. The molecule has 1 aromatic heterocycles. The van der Waals surface area contributed by atoms with Gasteiger partial charge in [0.25, 0.3) is 0 Å². The molecular formula is C16H21N3O2. The number of nitrogens with zero attached hydrogens (tertiary/aromatic N) is 2. The van der Waals surface area contributed by atoms with Crippen molar-refractivity contribution in [2.75, 3.05) is 20.2 Å². The number of imidazole rings is 1. The number of carbonyl (C=O) groups excluding carboxylic acids is 1. The number of benzene rings is 1. The average molecular weight is 287 g/mol. The maximum absolute atomic E-state index is 11.5. The van der Waals surface area contributed by atoms with Crippen molar-refractivity contribution in [2.45, 2.75) is 26.3 Å². The molecule has 2 aromatic rings. The lowest BCUT2D eigenvalue weighted by atomic mass is 9.99. The number of H-pyrrole nitrogens is 1. The Morgan fingerprint density at radius 1 is 1.43 bits per heavy atom. The number of rotatable bonds is 3. The van der Waals surface area contributed by atoms with Gasteiger partial charge in [-0.05, 0) is 50.0 Å². The normalized spacial score (nSPS) is 17.2. The van der Waals surface area contributed by atoms with Crippen molar-refractivity contribution in [2.24, 2.45) is 5.92 Å². The number of piperidine rings is 1. The van der Waals surface area contributed by atoms with Gasteiger partial charge in [-0.15, -0.1) is 0 Å². The molecule has 1 N–H and O–H groups in total. The molecule has 3 rings (SSSR count). The molecule has 1 aliphatic heterocycles. The number of carbonyl (C=O) groups is 1. The fourth-order valence-electron chi connectivity index (χ4n) is 2.81. The van der Waals surface area contributed by atoms with Crippen molar-refractivity contribution >= 4 is 17.0 Å². The summed E-state index contributed by atoms with van der Waals surface area (Å²) in [6.07, 6.45) is 2.51. The van der Waals surface area contributed by atoms with Crippen LogP contribution in [0.15, 0.2) is 18.2 Å². The van der Waals surface area contributed by atoms with Crippen molar-refractivity contribution in [3.63, 3.8) is 0 Å². The van der Waals surface area contributed by atoms with Gasteiger partial charge in [0.2, 0.25) is 0 Å². The van der Waals surface area contributed by atoms with Gasteiger partial charge in [-0.2, -0.15) is 0 Å². The van der Waals surface area contributed by atoms with E-state index in [0.717, 1.165) is 42.4 Å². The Morgan fingerprint density at radius 3 is 2.90 bits per heavy atom. The second-order valence-corrected chi connectivity index (χ2v) is 5.87. The molecule has 1 fully saturated rings. The van der Waals surface area contributed by atoms with Crippen LogP contribution in [0.25, 0.3) is 11.0 Å². The van der Waals surface area contributed by atoms with E-state index in [1.54, 1.807) is 12.1 Å². The van der Waals surface area contributed by atoms with Crippen LogP contribution in [0.5, 0.6) is 0 Å². The van der Waals surface area contributed by atoms with Crippen molar-refractivity contribution in [3.05, 3.63) is 29.6 Å². The maximum atomic E-state index is 11.5. The zero-order valence-corrected chi connectivity index (χ0v) is 12.6. The Balaban J connectivity index is 1.76. The second-order valence-electron chi connectivity index (χ2n) is 5.87. The lowest BCUT2D eigenvalue weighted by molar-refractivity contribution is 0.0601. The zero-order chi connectivity index (χ0) is 14.8. The van der Waals surface area contributed by atoms with Gasteiger partial charge < -0.3 is 9.72 Å². The van der Waals surface area contributed by atoms with Crippen LogP contribution in [-0.4, -0.2) is 41.0 Å². The second kappa shape index (κ2) is 5.85. The molecule has 1 saturated heterocycles. The van der Waals surface area contributed by atoms with Crippen LogP contribution in [-0.2, 0) is 11.3 Å². The van der Waals surface area contributed by atoms with Crippen molar-refractivity contribution in [1.82, 2.24) is 14.9 Å². The van der Waals surface area contributed by atoms with E-state index < -0.39 is 0 Å². The summed E-state index contributed by atoms with van der Waals surface area (Å²) in [5.41, 5.74) is 2.33. The van der Waals surface area contributed by atoms with E-state index in [-0.39, 0.29) is 5.97 Å². The first-order valence-electron chi connectivity index (χ1n) is 7.45. The minimum atomic E-state index is -0.321. The molecule has 0 radical (unpaired) electrons. The van der Waals surface area contributed by atoms with E-state index in [1.807, 2.05) is 6.07 Å². The highest BCUT2D eigenvalue weighted by molar-refractivity contribution is 5.93. The number of methoxy groups -OCH3 is 1. The topological polar surface area (TPSA) is 58.2 Å². The largest absolute Gasteiger partial charge is 0.465 e. The van der Waals surface area contributed by atoms with Crippen LogP contribution in [0, 0.1) is 5.92 Å². The number of aromatic amines is 1. The van der Waals surface area contributed by atoms with E-state index in [1.165, 1.54) is 20.0 Å². The number of hydrogen-bond acceptors (Lipinski definition) is 4. The number of likely N-dealkylation sites (tertiary alicyclic amines) is 1. The number of fused-ring (bicyclic) bond motifs is 1. The summed E-state index contributed by atoms with van der Waals surface area (Å²) in [6, 6.07) is 5.41. The minimum absolute atomic E-state index is 0.321.